The number of amides is 2. The summed E-state index contributed by atoms with van der Waals surface area (Å²) in [4.78, 5) is 34.9. The van der Waals surface area contributed by atoms with E-state index in [1.54, 1.807) is 24.3 Å². The number of benzene rings is 2. The van der Waals surface area contributed by atoms with E-state index in [-0.39, 0.29) is 23.2 Å². The molecule has 0 bridgehead atoms. The zero-order chi connectivity index (χ0) is 18.7. The van der Waals surface area contributed by atoms with E-state index in [2.05, 4.69) is 10.6 Å². The van der Waals surface area contributed by atoms with Crippen molar-refractivity contribution in [1.29, 1.82) is 0 Å². The summed E-state index contributed by atoms with van der Waals surface area (Å²) in [5.41, 5.74) is 0.492. The van der Waals surface area contributed by atoms with Gasteiger partial charge >= 0.3 is 0 Å². The third-order valence-electron chi connectivity index (χ3n) is 3.96. The molecule has 0 aliphatic heterocycles. The van der Waals surface area contributed by atoms with Crippen molar-refractivity contribution >= 4 is 23.2 Å². The van der Waals surface area contributed by atoms with Crippen LogP contribution < -0.4 is 15.4 Å². The number of methoxy groups -OCH3 is 1. The van der Waals surface area contributed by atoms with Crippen LogP contribution in [0.5, 0.6) is 5.75 Å². The summed E-state index contributed by atoms with van der Waals surface area (Å²) >= 11 is 0. The van der Waals surface area contributed by atoms with Crippen LogP contribution >= 0.6 is 0 Å². The number of hydrogen-bond acceptors (Lipinski definition) is 5. The summed E-state index contributed by atoms with van der Waals surface area (Å²) in [6, 6.07) is 10.5. The molecule has 0 spiro atoms. The number of carbonyl (C=O) groups excluding carboxylic acids is 2. The molecule has 1 aliphatic carbocycles. The van der Waals surface area contributed by atoms with Gasteiger partial charge in [0.15, 0.2) is 0 Å². The number of carbonyl (C=O) groups is 2. The predicted octanol–water partition coefficient (Wildman–Crippen LogP) is 2.75. The second kappa shape index (κ2) is 7.22. The molecule has 2 N–H and O–H groups in total. The highest BCUT2D eigenvalue weighted by atomic mass is 16.6. The average Bonchev–Trinajstić information content (AvgIpc) is 3.45. The molecule has 0 aromatic heterocycles. The SMILES string of the molecule is COc1ccc([N+](=O)[O-])c(C(=O)Nc2ccc(C(=O)NC3CC3)cc2)c1. The Balaban J connectivity index is 1.75. The lowest BCUT2D eigenvalue weighted by molar-refractivity contribution is -0.385. The third kappa shape index (κ3) is 3.97. The van der Waals surface area contributed by atoms with Gasteiger partial charge in [0.05, 0.1) is 12.0 Å². The number of hydrogen-bond donors (Lipinski definition) is 2. The lowest BCUT2D eigenvalue weighted by atomic mass is 10.1. The van der Waals surface area contributed by atoms with Gasteiger partial charge in [0, 0.05) is 23.4 Å². The Morgan fingerprint density at radius 2 is 1.81 bits per heavy atom. The lowest BCUT2D eigenvalue weighted by Gasteiger charge is -2.08. The first kappa shape index (κ1) is 17.4. The van der Waals surface area contributed by atoms with Crippen molar-refractivity contribution in [3.8, 4) is 5.75 Å². The number of nitro benzene ring substituents is 1. The Morgan fingerprint density at radius 1 is 1.12 bits per heavy atom. The van der Waals surface area contributed by atoms with Crippen LogP contribution in [-0.2, 0) is 0 Å². The normalized spacial score (nSPS) is 13.0. The van der Waals surface area contributed by atoms with E-state index in [0.29, 0.717) is 17.0 Å². The highest BCUT2D eigenvalue weighted by Gasteiger charge is 2.24. The summed E-state index contributed by atoms with van der Waals surface area (Å²) < 4.78 is 5.02. The highest BCUT2D eigenvalue weighted by molar-refractivity contribution is 6.07. The molecule has 134 valence electrons. The smallest absolute Gasteiger partial charge is 0.282 e. The molecule has 0 unspecified atom stereocenters. The molecule has 2 aromatic carbocycles. The molecule has 8 nitrogen and oxygen atoms in total. The van der Waals surface area contributed by atoms with Gasteiger partial charge in [-0.3, -0.25) is 19.7 Å². The topological polar surface area (TPSA) is 111 Å². The van der Waals surface area contributed by atoms with Crippen molar-refractivity contribution in [3.05, 3.63) is 63.7 Å². The molecule has 3 rings (SSSR count). The molecule has 1 aliphatic rings. The van der Waals surface area contributed by atoms with Gasteiger partial charge in [0.25, 0.3) is 17.5 Å². The van der Waals surface area contributed by atoms with Crippen molar-refractivity contribution in [1.82, 2.24) is 5.32 Å². The van der Waals surface area contributed by atoms with E-state index >= 15 is 0 Å². The van der Waals surface area contributed by atoms with Crippen molar-refractivity contribution in [3.63, 3.8) is 0 Å². The summed E-state index contributed by atoms with van der Waals surface area (Å²) in [5.74, 6) is -0.451. The van der Waals surface area contributed by atoms with Crippen LogP contribution in [0, 0.1) is 10.1 Å². The maximum Gasteiger partial charge on any atom is 0.282 e. The van der Waals surface area contributed by atoms with Crippen LogP contribution in [0.25, 0.3) is 0 Å². The second-order valence-corrected chi connectivity index (χ2v) is 5.92. The van der Waals surface area contributed by atoms with Gasteiger partial charge in [-0.1, -0.05) is 0 Å². The van der Waals surface area contributed by atoms with Gasteiger partial charge in [0.1, 0.15) is 11.3 Å². The molecular weight excluding hydrogens is 338 g/mol. The molecule has 2 aromatic rings. The van der Waals surface area contributed by atoms with Crippen molar-refractivity contribution < 1.29 is 19.2 Å². The van der Waals surface area contributed by atoms with Crippen molar-refractivity contribution in [2.24, 2.45) is 0 Å². The second-order valence-electron chi connectivity index (χ2n) is 5.92. The van der Waals surface area contributed by atoms with Crippen molar-refractivity contribution in [2.45, 2.75) is 18.9 Å². The van der Waals surface area contributed by atoms with Crippen molar-refractivity contribution in [2.75, 3.05) is 12.4 Å². The van der Waals surface area contributed by atoms with Gasteiger partial charge in [-0.2, -0.15) is 0 Å². The Morgan fingerprint density at radius 3 is 2.38 bits per heavy atom. The molecule has 2 amide bonds. The first-order chi connectivity index (χ1) is 12.5. The van der Waals surface area contributed by atoms with Gasteiger partial charge in [-0.25, -0.2) is 0 Å². The lowest BCUT2D eigenvalue weighted by Crippen LogP contribution is -2.25. The van der Waals surface area contributed by atoms with Crippen LogP contribution in [0.3, 0.4) is 0 Å². The van der Waals surface area contributed by atoms with Gasteiger partial charge in [-0.15, -0.1) is 0 Å². The molecule has 1 saturated carbocycles. The van der Waals surface area contributed by atoms with Gasteiger partial charge < -0.3 is 15.4 Å². The molecule has 0 radical (unpaired) electrons. The number of nitrogens with one attached hydrogen (secondary N) is 2. The van der Waals surface area contributed by atoms with Crippen LogP contribution in [0.1, 0.15) is 33.6 Å². The first-order valence-electron chi connectivity index (χ1n) is 8.02. The Kier molecular flexibility index (Phi) is 4.83. The third-order valence-corrected chi connectivity index (χ3v) is 3.96. The zero-order valence-corrected chi connectivity index (χ0v) is 14.0. The van der Waals surface area contributed by atoms with E-state index < -0.39 is 10.8 Å². The summed E-state index contributed by atoms with van der Waals surface area (Å²) in [7, 11) is 1.41. The quantitative estimate of drug-likeness (QED) is 0.611. The van der Waals surface area contributed by atoms with E-state index in [4.69, 9.17) is 4.74 Å². The summed E-state index contributed by atoms with van der Waals surface area (Å²) in [6.45, 7) is 0. The summed E-state index contributed by atoms with van der Waals surface area (Å²) in [6.07, 6.45) is 2.00. The first-order valence-corrected chi connectivity index (χ1v) is 8.02. The van der Waals surface area contributed by atoms with E-state index in [1.807, 2.05) is 0 Å². The molecule has 26 heavy (non-hydrogen) atoms. The number of anilines is 1. The zero-order valence-electron chi connectivity index (χ0n) is 14.0. The highest BCUT2D eigenvalue weighted by Crippen LogP contribution is 2.25. The van der Waals surface area contributed by atoms with E-state index in [9.17, 15) is 19.7 Å². The van der Waals surface area contributed by atoms with Crippen LogP contribution in [0.15, 0.2) is 42.5 Å². The Hall–Kier alpha value is -3.42. The van der Waals surface area contributed by atoms with E-state index in [0.717, 1.165) is 12.8 Å². The van der Waals surface area contributed by atoms with Crippen LogP contribution in [0.4, 0.5) is 11.4 Å². The molecule has 0 heterocycles. The summed E-state index contributed by atoms with van der Waals surface area (Å²) in [5, 5.41) is 16.6. The fourth-order valence-electron chi connectivity index (χ4n) is 2.38. The van der Waals surface area contributed by atoms with Gasteiger partial charge in [-0.05, 0) is 49.2 Å². The monoisotopic (exact) mass is 355 g/mol. The standard InChI is InChI=1S/C18H17N3O5/c1-26-14-8-9-16(21(24)25)15(10-14)18(23)20-12-4-2-11(3-5-12)17(22)19-13-6-7-13/h2-5,8-10,13H,6-7H2,1H3,(H,19,22)(H,20,23). The minimum atomic E-state index is -0.634. The number of ether oxygens (including phenoxy) is 1. The fraction of sp³-hybridized carbons (Fsp3) is 0.222. The maximum absolute atomic E-state index is 12.4. The Bertz CT molecular complexity index is 860. The van der Waals surface area contributed by atoms with Crippen LogP contribution in [-0.4, -0.2) is 29.9 Å². The Labute approximate surface area is 149 Å². The number of nitro groups is 1. The maximum atomic E-state index is 12.4. The molecule has 0 atom stereocenters. The average molecular weight is 355 g/mol. The minimum absolute atomic E-state index is 0.107. The molecule has 1 fully saturated rings. The minimum Gasteiger partial charge on any atom is -0.497 e. The molecule has 8 heteroatoms. The molecular formula is C18H17N3O5. The number of rotatable bonds is 6. The van der Waals surface area contributed by atoms with Gasteiger partial charge in [0.2, 0.25) is 0 Å². The fourth-order valence-corrected chi connectivity index (χ4v) is 2.38. The predicted molar refractivity (Wildman–Crippen MR) is 94.5 cm³/mol. The molecule has 0 saturated heterocycles. The number of nitrogens with zero attached hydrogens (tertiary/aromatic N) is 1. The largest absolute Gasteiger partial charge is 0.497 e. The van der Waals surface area contributed by atoms with Crippen LogP contribution in [0.2, 0.25) is 0 Å². The van der Waals surface area contributed by atoms with E-state index in [1.165, 1.54) is 25.3 Å².